The number of carbonyl (C=O) groups excluding carboxylic acids is 1. The van der Waals surface area contributed by atoms with E-state index in [1.165, 1.54) is 18.3 Å². The highest BCUT2D eigenvalue weighted by molar-refractivity contribution is 5.98. The Hall–Kier alpha value is -5.23. The molecule has 0 bridgehead atoms. The van der Waals surface area contributed by atoms with Crippen molar-refractivity contribution in [3.8, 4) is 33.9 Å². The van der Waals surface area contributed by atoms with Gasteiger partial charge in [-0.25, -0.2) is 13.8 Å². The highest BCUT2D eigenvalue weighted by atomic mass is 19.1. The Labute approximate surface area is 258 Å². The van der Waals surface area contributed by atoms with Crippen LogP contribution in [0.25, 0.3) is 55.8 Å². The van der Waals surface area contributed by atoms with Crippen molar-refractivity contribution < 1.29 is 13.6 Å². The van der Waals surface area contributed by atoms with Crippen molar-refractivity contribution in [1.29, 1.82) is 0 Å². The first kappa shape index (κ1) is 29.8. The van der Waals surface area contributed by atoms with Crippen molar-refractivity contribution in [1.82, 2.24) is 35.0 Å². The number of benzene rings is 2. The molecule has 45 heavy (non-hydrogen) atoms. The summed E-state index contributed by atoms with van der Waals surface area (Å²) in [5.74, 6) is -0.519. The van der Waals surface area contributed by atoms with Crippen LogP contribution in [0.15, 0.2) is 61.1 Å². The van der Waals surface area contributed by atoms with Crippen LogP contribution in [0.5, 0.6) is 0 Å². The van der Waals surface area contributed by atoms with Crippen molar-refractivity contribution in [3.63, 3.8) is 0 Å². The maximum atomic E-state index is 16.3. The van der Waals surface area contributed by atoms with Gasteiger partial charge in [0.2, 0.25) is 5.91 Å². The molecule has 0 aliphatic heterocycles. The van der Waals surface area contributed by atoms with Crippen LogP contribution in [-0.2, 0) is 4.79 Å². The van der Waals surface area contributed by atoms with Gasteiger partial charge in [0.05, 0.1) is 34.0 Å². The number of nitrogens with one attached hydrogen (secondary N) is 4. The molecule has 4 heterocycles. The van der Waals surface area contributed by atoms with E-state index in [2.05, 4.69) is 35.8 Å². The maximum absolute atomic E-state index is 16.3. The molecule has 0 saturated heterocycles. The summed E-state index contributed by atoms with van der Waals surface area (Å²) >= 11 is 0. The zero-order chi connectivity index (χ0) is 31.7. The average Bonchev–Trinajstić information content (AvgIpc) is 3.61. The smallest absolute Gasteiger partial charge is 0.224 e. The van der Waals surface area contributed by atoms with Crippen LogP contribution in [-0.4, -0.2) is 68.1 Å². The van der Waals surface area contributed by atoms with Gasteiger partial charge in [-0.15, -0.1) is 0 Å². The SMILES string of the molecule is CC(C)CC(=O)Nc1cncc(-c2ccc3[nH]nc(-c4nc5c(-c6cc(F)cc(NCCN(C)C)c6)nccc5[nH]4)c3c2F)c1. The summed E-state index contributed by atoms with van der Waals surface area (Å²) in [6.07, 6.45) is 5.06. The fourth-order valence-electron chi connectivity index (χ4n) is 5.22. The number of hydrogen-bond acceptors (Lipinski definition) is 7. The van der Waals surface area contributed by atoms with E-state index in [0.717, 1.165) is 6.54 Å². The van der Waals surface area contributed by atoms with Gasteiger partial charge in [0.25, 0.3) is 0 Å². The number of halogens is 2. The molecule has 1 amide bonds. The summed E-state index contributed by atoms with van der Waals surface area (Å²) in [6, 6.07) is 11.5. The van der Waals surface area contributed by atoms with E-state index >= 15 is 4.39 Å². The van der Waals surface area contributed by atoms with E-state index in [9.17, 15) is 9.18 Å². The van der Waals surface area contributed by atoms with Gasteiger partial charge in [-0.2, -0.15) is 5.10 Å². The first-order valence-electron chi connectivity index (χ1n) is 14.6. The van der Waals surface area contributed by atoms with E-state index in [1.807, 2.05) is 38.9 Å². The van der Waals surface area contributed by atoms with Gasteiger partial charge in [0, 0.05) is 54.3 Å². The van der Waals surface area contributed by atoms with E-state index < -0.39 is 11.6 Å². The predicted molar refractivity (Wildman–Crippen MR) is 173 cm³/mol. The number of aromatic nitrogens is 6. The van der Waals surface area contributed by atoms with E-state index in [-0.39, 0.29) is 22.9 Å². The third-order valence-electron chi connectivity index (χ3n) is 7.28. The molecule has 0 spiro atoms. The van der Waals surface area contributed by atoms with E-state index in [1.54, 1.807) is 36.7 Å². The number of pyridine rings is 2. The van der Waals surface area contributed by atoms with Crippen LogP contribution in [0.4, 0.5) is 20.2 Å². The molecule has 0 radical (unpaired) electrons. The number of nitrogens with zero attached hydrogens (tertiary/aromatic N) is 5. The Morgan fingerprint density at radius 3 is 2.60 bits per heavy atom. The summed E-state index contributed by atoms with van der Waals surface area (Å²) in [5, 5.41) is 13.6. The maximum Gasteiger partial charge on any atom is 0.224 e. The third kappa shape index (κ3) is 6.36. The van der Waals surface area contributed by atoms with Gasteiger partial charge in [0.1, 0.15) is 22.8 Å². The number of carbonyl (C=O) groups is 1. The number of H-pyrrole nitrogens is 2. The number of imidazole rings is 1. The first-order valence-corrected chi connectivity index (χ1v) is 14.6. The van der Waals surface area contributed by atoms with Crippen LogP contribution in [0.2, 0.25) is 0 Å². The molecule has 0 unspecified atom stereocenters. The molecule has 0 saturated carbocycles. The standard InChI is InChI=1S/C33H33F2N9O/c1-18(2)11-27(45)39-23-14-20(16-36-17-23)24-5-6-25-28(29(24)35)32(43-42-25)33-40-26-7-8-38-30(31(26)41-33)19-12-21(34)15-22(13-19)37-9-10-44(3)4/h5-8,12-18,37H,9-11H2,1-4H3,(H,39,45)(H,40,41)(H,42,43). The van der Waals surface area contributed by atoms with Gasteiger partial charge < -0.3 is 20.5 Å². The Balaban J connectivity index is 1.37. The zero-order valence-corrected chi connectivity index (χ0v) is 25.4. The number of rotatable bonds is 10. The summed E-state index contributed by atoms with van der Waals surface area (Å²) in [7, 11) is 3.94. The van der Waals surface area contributed by atoms with Gasteiger partial charge in [-0.3, -0.25) is 19.9 Å². The Bertz CT molecular complexity index is 2020. The molecular weight excluding hydrogens is 576 g/mol. The van der Waals surface area contributed by atoms with Crippen LogP contribution in [0.1, 0.15) is 20.3 Å². The molecule has 230 valence electrons. The van der Waals surface area contributed by atoms with E-state index in [4.69, 9.17) is 4.98 Å². The number of anilines is 2. The molecule has 0 fully saturated rings. The Morgan fingerprint density at radius 2 is 1.80 bits per heavy atom. The Kier molecular flexibility index (Phi) is 8.22. The van der Waals surface area contributed by atoms with Crippen LogP contribution in [0.3, 0.4) is 0 Å². The number of likely N-dealkylation sites (N-methyl/N-ethyl adjacent to an activating group) is 1. The molecule has 6 aromatic rings. The molecule has 6 rings (SSSR count). The minimum atomic E-state index is -0.513. The van der Waals surface area contributed by atoms with Gasteiger partial charge in [-0.1, -0.05) is 13.8 Å². The first-order chi connectivity index (χ1) is 21.7. The van der Waals surface area contributed by atoms with Gasteiger partial charge in [-0.05, 0) is 62.5 Å². The van der Waals surface area contributed by atoms with Crippen molar-refractivity contribution >= 4 is 39.2 Å². The molecule has 12 heteroatoms. The number of amides is 1. The van der Waals surface area contributed by atoms with Crippen molar-refractivity contribution in [2.24, 2.45) is 5.92 Å². The van der Waals surface area contributed by atoms with Gasteiger partial charge in [0.15, 0.2) is 5.82 Å². The van der Waals surface area contributed by atoms with Crippen molar-refractivity contribution in [2.45, 2.75) is 20.3 Å². The normalized spacial score (nSPS) is 11.6. The fraction of sp³-hybridized carbons (Fsp3) is 0.242. The topological polar surface area (TPSA) is 128 Å². The molecule has 2 aromatic carbocycles. The van der Waals surface area contributed by atoms with Crippen LogP contribution >= 0.6 is 0 Å². The molecule has 0 aliphatic carbocycles. The third-order valence-corrected chi connectivity index (χ3v) is 7.28. The lowest BCUT2D eigenvalue weighted by atomic mass is 10.0. The number of aromatic amines is 2. The highest BCUT2D eigenvalue weighted by Crippen LogP contribution is 2.36. The van der Waals surface area contributed by atoms with Crippen molar-refractivity contribution in [2.75, 3.05) is 37.8 Å². The molecular formula is C33H33F2N9O. The monoisotopic (exact) mass is 609 g/mol. The number of fused-ring (bicyclic) bond motifs is 2. The van der Waals surface area contributed by atoms with Crippen LogP contribution < -0.4 is 10.6 Å². The summed E-state index contributed by atoms with van der Waals surface area (Å²) in [4.78, 5) is 31.1. The molecule has 4 aromatic heterocycles. The quantitative estimate of drug-likeness (QED) is 0.140. The summed E-state index contributed by atoms with van der Waals surface area (Å²) < 4.78 is 30.9. The second-order valence-electron chi connectivity index (χ2n) is 11.6. The zero-order valence-electron chi connectivity index (χ0n) is 25.4. The second kappa shape index (κ2) is 12.4. The lowest BCUT2D eigenvalue weighted by Crippen LogP contribution is -2.20. The minimum Gasteiger partial charge on any atom is -0.384 e. The van der Waals surface area contributed by atoms with Crippen LogP contribution in [0, 0.1) is 17.6 Å². The largest absolute Gasteiger partial charge is 0.384 e. The lowest BCUT2D eigenvalue weighted by molar-refractivity contribution is -0.116. The lowest BCUT2D eigenvalue weighted by Gasteiger charge is -2.12. The Morgan fingerprint density at radius 1 is 0.978 bits per heavy atom. The summed E-state index contributed by atoms with van der Waals surface area (Å²) in [5.41, 5.74) is 4.86. The van der Waals surface area contributed by atoms with Gasteiger partial charge >= 0.3 is 0 Å². The van der Waals surface area contributed by atoms with E-state index in [0.29, 0.717) is 69.1 Å². The summed E-state index contributed by atoms with van der Waals surface area (Å²) in [6.45, 7) is 5.36. The molecule has 4 N–H and O–H groups in total. The molecule has 0 atom stereocenters. The second-order valence-corrected chi connectivity index (χ2v) is 11.6. The van der Waals surface area contributed by atoms with Crippen molar-refractivity contribution in [3.05, 3.63) is 72.7 Å². The molecule has 0 aliphatic rings. The predicted octanol–water partition coefficient (Wildman–Crippen LogP) is 6.47. The average molecular weight is 610 g/mol. The molecule has 10 nitrogen and oxygen atoms in total. The number of hydrogen-bond donors (Lipinski definition) is 4. The fourth-order valence-corrected chi connectivity index (χ4v) is 5.22. The minimum absolute atomic E-state index is 0.134. The highest BCUT2D eigenvalue weighted by Gasteiger charge is 2.21.